The van der Waals surface area contributed by atoms with E-state index in [2.05, 4.69) is 21.1 Å². The van der Waals surface area contributed by atoms with Gasteiger partial charge in [-0.05, 0) is 43.5 Å². The second kappa shape index (κ2) is 8.97. The van der Waals surface area contributed by atoms with Crippen molar-refractivity contribution >= 4 is 11.8 Å². The molecule has 0 saturated heterocycles. The molecule has 0 radical (unpaired) electrons. The third-order valence-electron chi connectivity index (χ3n) is 3.14. The molecule has 1 aromatic rings. The van der Waals surface area contributed by atoms with E-state index >= 15 is 0 Å². The topological polar surface area (TPSA) is 50.7 Å². The molecule has 0 spiro atoms. The molecule has 0 aliphatic rings. The molecule has 5 heteroatoms. The van der Waals surface area contributed by atoms with Crippen LogP contribution in [-0.2, 0) is 9.53 Å². The summed E-state index contributed by atoms with van der Waals surface area (Å²) in [7, 11) is 1.32. The van der Waals surface area contributed by atoms with Crippen molar-refractivity contribution in [3.8, 4) is 0 Å². The van der Waals surface area contributed by atoms with Crippen LogP contribution in [0.25, 0.3) is 0 Å². The van der Waals surface area contributed by atoms with Crippen LogP contribution >= 0.6 is 0 Å². The lowest BCUT2D eigenvalue weighted by atomic mass is 10.1. The Morgan fingerprint density at radius 1 is 1.41 bits per heavy atom. The van der Waals surface area contributed by atoms with Gasteiger partial charge < -0.3 is 10.1 Å². The Hall–Kier alpha value is -2.17. The maximum absolute atomic E-state index is 13.4. The van der Waals surface area contributed by atoms with Crippen LogP contribution in [0.15, 0.2) is 35.0 Å². The smallest absolute Gasteiger partial charge is 0.327 e. The molecule has 1 aromatic carbocycles. The van der Waals surface area contributed by atoms with Crippen molar-refractivity contribution in [2.45, 2.75) is 33.6 Å². The highest BCUT2D eigenvalue weighted by Crippen LogP contribution is 2.11. The first kappa shape index (κ1) is 17.9. The van der Waals surface area contributed by atoms with Gasteiger partial charge in [-0.25, -0.2) is 4.39 Å². The van der Waals surface area contributed by atoms with Gasteiger partial charge in [0.05, 0.1) is 7.11 Å². The molecular formula is C17H23FN2O2. The fourth-order valence-electron chi connectivity index (χ4n) is 1.89. The average molecular weight is 306 g/mol. The van der Waals surface area contributed by atoms with E-state index in [9.17, 15) is 9.18 Å². The van der Waals surface area contributed by atoms with Crippen molar-refractivity contribution in [3.05, 3.63) is 46.9 Å². The van der Waals surface area contributed by atoms with Crippen LogP contribution in [0.2, 0.25) is 0 Å². The normalized spacial score (nSPS) is 12.2. The van der Waals surface area contributed by atoms with Gasteiger partial charge in [0.1, 0.15) is 18.2 Å². The number of esters is 1. The summed E-state index contributed by atoms with van der Waals surface area (Å²) >= 11 is 0. The molecule has 0 aliphatic heterocycles. The predicted octanol–water partition coefficient (Wildman–Crippen LogP) is 3.35. The summed E-state index contributed by atoms with van der Waals surface area (Å²) in [5.41, 5.74) is 2.27. The van der Waals surface area contributed by atoms with Gasteiger partial charge in [0, 0.05) is 11.3 Å². The van der Waals surface area contributed by atoms with E-state index in [4.69, 9.17) is 0 Å². The lowest BCUT2D eigenvalue weighted by Gasteiger charge is -2.13. The Morgan fingerprint density at radius 2 is 2.14 bits per heavy atom. The average Bonchev–Trinajstić information content (AvgIpc) is 2.52. The summed E-state index contributed by atoms with van der Waals surface area (Å²) in [5, 5.41) is 3.23. The quantitative estimate of drug-likeness (QED) is 0.498. The fourth-order valence-corrected chi connectivity index (χ4v) is 1.89. The Balaban J connectivity index is 3.12. The van der Waals surface area contributed by atoms with Crippen molar-refractivity contribution in [1.82, 2.24) is 5.32 Å². The van der Waals surface area contributed by atoms with E-state index in [-0.39, 0.29) is 12.4 Å². The number of nitrogens with one attached hydrogen (secondary N) is 1. The van der Waals surface area contributed by atoms with E-state index in [0.29, 0.717) is 11.4 Å². The van der Waals surface area contributed by atoms with Gasteiger partial charge in [0.2, 0.25) is 0 Å². The molecule has 0 saturated carbocycles. The minimum absolute atomic E-state index is 0.0849. The van der Waals surface area contributed by atoms with Gasteiger partial charge in [-0.15, -0.1) is 0 Å². The standard InChI is InChI=1S/C17H23FN2O2/c1-5-7-14(6-2)20-17(19-11-16(21)22-4)13-8-9-15(18)12(3)10-13/h7-10H,5-6,11H2,1-4H3,(H,19,20)/b14-7+. The van der Waals surface area contributed by atoms with Crippen LogP contribution in [0.4, 0.5) is 4.39 Å². The highest BCUT2D eigenvalue weighted by molar-refractivity contribution is 6.00. The number of hydrogen-bond donors (Lipinski definition) is 1. The van der Waals surface area contributed by atoms with Crippen LogP contribution in [0.1, 0.15) is 37.8 Å². The lowest BCUT2D eigenvalue weighted by molar-refractivity contribution is -0.138. The van der Waals surface area contributed by atoms with Crippen molar-refractivity contribution in [3.63, 3.8) is 0 Å². The Labute approximate surface area is 131 Å². The molecule has 0 atom stereocenters. The number of methoxy groups -OCH3 is 1. The third kappa shape index (κ3) is 5.31. The van der Waals surface area contributed by atoms with E-state index in [0.717, 1.165) is 24.1 Å². The van der Waals surface area contributed by atoms with Crippen molar-refractivity contribution in [1.29, 1.82) is 0 Å². The van der Waals surface area contributed by atoms with Crippen molar-refractivity contribution < 1.29 is 13.9 Å². The number of rotatable bonds is 6. The number of ether oxygens (including phenoxy) is 1. The fraction of sp³-hybridized carbons (Fsp3) is 0.412. The highest BCUT2D eigenvalue weighted by Gasteiger charge is 2.09. The number of amidine groups is 1. The first-order valence-corrected chi connectivity index (χ1v) is 7.35. The number of benzene rings is 1. The van der Waals surface area contributed by atoms with Gasteiger partial charge >= 0.3 is 5.97 Å². The number of halogens is 1. The lowest BCUT2D eigenvalue weighted by Crippen LogP contribution is -2.25. The van der Waals surface area contributed by atoms with Gasteiger partial charge in [-0.1, -0.05) is 19.9 Å². The molecule has 0 aromatic heterocycles. The molecule has 0 amide bonds. The zero-order chi connectivity index (χ0) is 16.5. The summed E-state index contributed by atoms with van der Waals surface area (Å²) in [6.45, 7) is 5.69. The summed E-state index contributed by atoms with van der Waals surface area (Å²) in [6.07, 6.45) is 3.76. The number of nitrogens with zero attached hydrogens (tertiary/aromatic N) is 1. The maximum Gasteiger partial charge on any atom is 0.327 e. The molecule has 0 fully saturated rings. The van der Waals surface area contributed by atoms with Gasteiger partial charge in [0.25, 0.3) is 0 Å². The number of carbonyl (C=O) groups is 1. The third-order valence-corrected chi connectivity index (χ3v) is 3.14. The van der Waals surface area contributed by atoms with Crippen LogP contribution in [0.3, 0.4) is 0 Å². The Morgan fingerprint density at radius 3 is 2.68 bits per heavy atom. The molecule has 0 heterocycles. The summed E-state index contributed by atoms with van der Waals surface area (Å²) in [5.74, 6) is -0.151. The summed E-state index contributed by atoms with van der Waals surface area (Å²) in [4.78, 5) is 15.6. The summed E-state index contributed by atoms with van der Waals surface area (Å²) in [6, 6.07) is 4.75. The molecule has 120 valence electrons. The minimum Gasteiger partial charge on any atom is -0.468 e. The van der Waals surface area contributed by atoms with E-state index in [1.54, 1.807) is 19.1 Å². The molecule has 1 rings (SSSR count). The first-order chi connectivity index (χ1) is 10.5. The molecule has 0 unspecified atom stereocenters. The number of aryl methyl sites for hydroxylation is 1. The van der Waals surface area contributed by atoms with Crippen LogP contribution < -0.4 is 5.32 Å². The monoisotopic (exact) mass is 306 g/mol. The number of allylic oxidation sites excluding steroid dienone is 2. The molecule has 0 bridgehead atoms. The second-order valence-electron chi connectivity index (χ2n) is 4.82. The zero-order valence-electron chi connectivity index (χ0n) is 13.6. The number of carbonyl (C=O) groups excluding carboxylic acids is 1. The van der Waals surface area contributed by atoms with Crippen LogP contribution in [0.5, 0.6) is 0 Å². The van der Waals surface area contributed by atoms with Crippen molar-refractivity contribution in [2.24, 2.45) is 4.99 Å². The van der Waals surface area contributed by atoms with E-state index in [1.165, 1.54) is 13.2 Å². The first-order valence-electron chi connectivity index (χ1n) is 7.35. The van der Waals surface area contributed by atoms with Crippen LogP contribution in [0, 0.1) is 12.7 Å². The van der Waals surface area contributed by atoms with Crippen molar-refractivity contribution in [2.75, 3.05) is 13.7 Å². The molecule has 0 aliphatic carbocycles. The van der Waals surface area contributed by atoms with E-state index in [1.807, 2.05) is 13.8 Å². The van der Waals surface area contributed by atoms with Gasteiger partial charge in [0.15, 0.2) is 0 Å². The molecular weight excluding hydrogens is 283 g/mol. The predicted molar refractivity (Wildman–Crippen MR) is 86.4 cm³/mol. The second-order valence-corrected chi connectivity index (χ2v) is 4.82. The number of aliphatic imine (C=N–C) groups is 1. The molecule has 1 N–H and O–H groups in total. The minimum atomic E-state index is -0.421. The largest absolute Gasteiger partial charge is 0.468 e. The maximum atomic E-state index is 13.4. The zero-order valence-corrected chi connectivity index (χ0v) is 13.6. The van der Waals surface area contributed by atoms with Gasteiger partial charge in [-0.3, -0.25) is 9.79 Å². The molecule has 4 nitrogen and oxygen atoms in total. The Kier molecular flexibility index (Phi) is 7.29. The van der Waals surface area contributed by atoms with Crippen LogP contribution in [-0.4, -0.2) is 25.5 Å². The molecule has 22 heavy (non-hydrogen) atoms. The number of hydrogen-bond acceptors (Lipinski definition) is 3. The Bertz CT molecular complexity index is 580. The summed E-state index contributed by atoms with van der Waals surface area (Å²) < 4.78 is 18.0. The van der Waals surface area contributed by atoms with E-state index < -0.39 is 5.97 Å². The highest BCUT2D eigenvalue weighted by atomic mass is 19.1. The SMILES string of the molecule is CC/C=C(\CC)NC(=NCC(=O)OC)c1ccc(F)c(C)c1. The van der Waals surface area contributed by atoms with Gasteiger partial charge in [-0.2, -0.15) is 0 Å².